The molecule has 0 spiro atoms. The highest BCUT2D eigenvalue weighted by Crippen LogP contribution is 2.18. The number of hydrogen-bond acceptors (Lipinski definition) is 4. The molecule has 0 saturated heterocycles. The second-order valence-electron chi connectivity index (χ2n) is 6.00. The molecule has 116 valence electrons. The molecular weight excluding hydrogens is 276 g/mol. The number of aromatic nitrogens is 2. The van der Waals surface area contributed by atoms with Crippen molar-refractivity contribution in [1.82, 2.24) is 20.2 Å². The lowest BCUT2D eigenvalue weighted by Crippen LogP contribution is -2.43. The van der Waals surface area contributed by atoms with E-state index >= 15 is 0 Å². The maximum Gasteiger partial charge on any atom is 0.258 e. The molecule has 0 aliphatic rings. The van der Waals surface area contributed by atoms with Gasteiger partial charge < -0.3 is 5.32 Å². The summed E-state index contributed by atoms with van der Waals surface area (Å²) in [6.45, 7) is 10.3. The lowest BCUT2D eigenvalue weighted by atomic mass is 10.0. The van der Waals surface area contributed by atoms with Gasteiger partial charge in [-0.2, -0.15) is 5.10 Å². The number of hydrogen-bond donors (Lipinski definition) is 3. The van der Waals surface area contributed by atoms with Crippen molar-refractivity contribution in [3.63, 3.8) is 0 Å². The third-order valence-corrected chi connectivity index (χ3v) is 4.65. The molecule has 20 heavy (non-hydrogen) atoms. The van der Waals surface area contributed by atoms with Gasteiger partial charge in [0.15, 0.2) is 5.03 Å². The summed E-state index contributed by atoms with van der Waals surface area (Å²) in [4.78, 5) is 0. The Bertz CT molecular complexity index is 520. The molecule has 0 aromatic carbocycles. The van der Waals surface area contributed by atoms with E-state index < -0.39 is 15.6 Å². The van der Waals surface area contributed by atoms with Crippen LogP contribution in [0.1, 0.15) is 53.0 Å². The highest BCUT2D eigenvalue weighted by atomic mass is 32.2. The van der Waals surface area contributed by atoms with Crippen LogP contribution in [-0.4, -0.2) is 30.2 Å². The Kier molecular flexibility index (Phi) is 5.73. The van der Waals surface area contributed by atoms with Crippen LogP contribution in [0.15, 0.2) is 11.2 Å². The van der Waals surface area contributed by atoms with Gasteiger partial charge in [-0.15, -0.1) is 0 Å². The smallest absolute Gasteiger partial charge is 0.258 e. The molecule has 0 unspecified atom stereocenters. The van der Waals surface area contributed by atoms with Gasteiger partial charge in [0, 0.05) is 23.7 Å². The molecule has 6 nitrogen and oxygen atoms in total. The minimum absolute atomic E-state index is 0.148. The predicted octanol–water partition coefficient (Wildman–Crippen LogP) is 1.76. The Labute approximate surface area is 121 Å². The van der Waals surface area contributed by atoms with Crippen molar-refractivity contribution in [3.8, 4) is 0 Å². The fourth-order valence-corrected chi connectivity index (χ4v) is 3.64. The van der Waals surface area contributed by atoms with Gasteiger partial charge in [-0.05, 0) is 20.3 Å². The van der Waals surface area contributed by atoms with Gasteiger partial charge in [-0.3, -0.25) is 5.10 Å². The fraction of sp³-hybridized carbons (Fsp3) is 0.769. The van der Waals surface area contributed by atoms with Crippen molar-refractivity contribution in [2.24, 2.45) is 0 Å². The van der Waals surface area contributed by atoms with Gasteiger partial charge in [0.05, 0.1) is 6.20 Å². The van der Waals surface area contributed by atoms with Crippen molar-refractivity contribution in [3.05, 3.63) is 11.8 Å². The van der Waals surface area contributed by atoms with Crippen LogP contribution in [-0.2, 0) is 16.6 Å². The molecule has 0 saturated carbocycles. The predicted molar refractivity (Wildman–Crippen MR) is 79.9 cm³/mol. The molecule has 0 aliphatic heterocycles. The third-order valence-electron chi connectivity index (χ3n) is 2.93. The summed E-state index contributed by atoms with van der Waals surface area (Å²) >= 11 is 0. The van der Waals surface area contributed by atoms with E-state index in [1.54, 1.807) is 6.20 Å². The van der Waals surface area contributed by atoms with Crippen LogP contribution in [0.2, 0.25) is 0 Å². The molecule has 0 amide bonds. The van der Waals surface area contributed by atoms with E-state index in [1.807, 2.05) is 34.6 Å². The van der Waals surface area contributed by atoms with Crippen LogP contribution in [0, 0.1) is 0 Å². The number of aromatic amines is 1. The first kappa shape index (κ1) is 17.1. The average Bonchev–Trinajstić information content (AvgIpc) is 2.73. The van der Waals surface area contributed by atoms with Gasteiger partial charge in [0.25, 0.3) is 10.0 Å². The third kappa shape index (κ3) is 4.88. The van der Waals surface area contributed by atoms with Crippen LogP contribution in [0.5, 0.6) is 0 Å². The van der Waals surface area contributed by atoms with Gasteiger partial charge in [0.1, 0.15) is 0 Å². The van der Waals surface area contributed by atoms with Crippen LogP contribution < -0.4 is 10.0 Å². The van der Waals surface area contributed by atoms with Crippen LogP contribution in [0.4, 0.5) is 0 Å². The fourth-order valence-electron chi connectivity index (χ4n) is 2.06. The molecule has 0 aliphatic carbocycles. The minimum atomic E-state index is -3.58. The average molecular weight is 302 g/mol. The zero-order valence-corrected chi connectivity index (χ0v) is 13.8. The minimum Gasteiger partial charge on any atom is -0.310 e. The molecule has 0 atom stereocenters. The highest BCUT2D eigenvalue weighted by molar-refractivity contribution is 7.89. The van der Waals surface area contributed by atoms with Crippen molar-refractivity contribution in [2.75, 3.05) is 0 Å². The maximum atomic E-state index is 12.4. The van der Waals surface area contributed by atoms with E-state index in [-0.39, 0.29) is 11.1 Å². The van der Waals surface area contributed by atoms with E-state index in [2.05, 4.69) is 20.2 Å². The summed E-state index contributed by atoms with van der Waals surface area (Å²) in [5, 5.41) is 9.80. The highest BCUT2D eigenvalue weighted by Gasteiger charge is 2.28. The molecule has 0 fully saturated rings. The lowest BCUT2D eigenvalue weighted by molar-refractivity contribution is 0.416. The summed E-state index contributed by atoms with van der Waals surface area (Å²) in [6.07, 6.45) is 3.25. The first-order valence-corrected chi connectivity index (χ1v) is 8.46. The van der Waals surface area contributed by atoms with Crippen LogP contribution >= 0.6 is 0 Å². The second kappa shape index (κ2) is 6.69. The standard InChI is InChI=1S/C13H26N4O2S/c1-6-7-13(4,5)17-20(18,19)12-11(9-15-16-12)8-14-10(2)3/h9-10,14,17H,6-8H2,1-5H3,(H,15,16). The Morgan fingerprint density at radius 3 is 2.60 bits per heavy atom. The van der Waals surface area contributed by atoms with E-state index in [1.165, 1.54) is 0 Å². The molecule has 1 aromatic heterocycles. The Balaban J connectivity index is 2.90. The Hall–Kier alpha value is -0.920. The van der Waals surface area contributed by atoms with Crippen molar-refractivity contribution in [1.29, 1.82) is 0 Å². The Morgan fingerprint density at radius 1 is 1.40 bits per heavy atom. The molecule has 1 heterocycles. The maximum absolute atomic E-state index is 12.4. The van der Waals surface area contributed by atoms with E-state index in [4.69, 9.17) is 0 Å². The molecule has 0 bridgehead atoms. The van der Waals surface area contributed by atoms with E-state index in [9.17, 15) is 8.42 Å². The monoisotopic (exact) mass is 302 g/mol. The second-order valence-corrected chi connectivity index (χ2v) is 7.62. The molecule has 3 N–H and O–H groups in total. The molecule has 1 aromatic rings. The number of nitrogens with zero attached hydrogens (tertiary/aromatic N) is 1. The first-order valence-electron chi connectivity index (χ1n) is 6.97. The van der Waals surface area contributed by atoms with E-state index in [0.29, 0.717) is 12.1 Å². The SMILES string of the molecule is CCCC(C)(C)NS(=O)(=O)c1[nH]ncc1CNC(C)C. The van der Waals surface area contributed by atoms with E-state index in [0.717, 1.165) is 12.8 Å². The van der Waals surface area contributed by atoms with Crippen molar-refractivity contribution >= 4 is 10.0 Å². The lowest BCUT2D eigenvalue weighted by Gasteiger charge is -2.25. The van der Waals surface area contributed by atoms with Gasteiger partial charge >= 0.3 is 0 Å². The van der Waals surface area contributed by atoms with Crippen LogP contribution in [0.3, 0.4) is 0 Å². The topological polar surface area (TPSA) is 86.9 Å². The number of nitrogens with one attached hydrogen (secondary N) is 3. The summed E-state index contributed by atoms with van der Waals surface area (Å²) < 4.78 is 27.6. The van der Waals surface area contributed by atoms with Crippen molar-refractivity contribution in [2.45, 2.75) is 70.6 Å². The number of sulfonamides is 1. The van der Waals surface area contributed by atoms with Gasteiger partial charge in [0.2, 0.25) is 0 Å². The summed E-state index contributed by atoms with van der Waals surface area (Å²) in [5.74, 6) is 0. The number of H-pyrrole nitrogens is 1. The summed E-state index contributed by atoms with van der Waals surface area (Å²) in [7, 11) is -3.58. The molecule has 1 rings (SSSR count). The Morgan fingerprint density at radius 2 is 2.05 bits per heavy atom. The van der Waals surface area contributed by atoms with Crippen LogP contribution in [0.25, 0.3) is 0 Å². The zero-order valence-electron chi connectivity index (χ0n) is 12.9. The number of rotatable bonds is 8. The first-order chi connectivity index (χ1) is 9.18. The quantitative estimate of drug-likeness (QED) is 0.683. The molecular formula is C13H26N4O2S. The molecule has 0 radical (unpaired) electrons. The zero-order chi connectivity index (χ0) is 15.4. The summed E-state index contributed by atoms with van der Waals surface area (Å²) in [6, 6.07) is 0.282. The summed E-state index contributed by atoms with van der Waals surface area (Å²) in [5.41, 5.74) is 0.181. The van der Waals surface area contributed by atoms with Gasteiger partial charge in [-0.1, -0.05) is 27.2 Å². The van der Waals surface area contributed by atoms with Gasteiger partial charge in [-0.25, -0.2) is 13.1 Å². The normalized spacial score (nSPS) is 13.1. The van der Waals surface area contributed by atoms with Crippen molar-refractivity contribution < 1.29 is 8.42 Å². The largest absolute Gasteiger partial charge is 0.310 e. The molecule has 7 heteroatoms.